The Bertz CT molecular complexity index is 1190. The minimum Gasteiger partial charge on any atom is -0.393 e. The van der Waals surface area contributed by atoms with Crippen LogP contribution < -0.4 is 4.90 Å². The summed E-state index contributed by atoms with van der Waals surface area (Å²) in [6.45, 7) is 0.796. The number of benzene rings is 2. The molecule has 3 amide bonds. The maximum absolute atomic E-state index is 14.8. The number of carbonyl (C=O) groups is 3. The van der Waals surface area contributed by atoms with Crippen LogP contribution in [0.4, 0.5) is 10.1 Å². The fourth-order valence-corrected chi connectivity index (χ4v) is 5.76. The van der Waals surface area contributed by atoms with Gasteiger partial charge in [-0.3, -0.25) is 19.3 Å². The number of likely N-dealkylation sites (tertiary alicyclic amines) is 1. The van der Waals surface area contributed by atoms with E-state index in [2.05, 4.69) is 0 Å². The molecule has 2 aromatic rings. The van der Waals surface area contributed by atoms with Gasteiger partial charge in [0.2, 0.25) is 11.8 Å². The predicted octanol–water partition coefficient (Wildman–Crippen LogP) is 3.64. The van der Waals surface area contributed by atoms with Gasteiger partial charge in [0.05, 0.1) is 11.8 Å². The van der Waals surface area contributed by atoms with Crippen molar-refractivity contribution in [3.8, 4) is 0 Å². The number of carbonyl (C=O) groups excluding carboxylic acids is 3. The lowest BCUT2D eigenvalue weighted by molar-refractivity contribution is -0.168. The summed E-state index contributed by atoms with van der Waals surface area (Å²) >= 11 is 11.9. The first-order chi connectivity index (χ1) is 17.2. The minimum absolute atomic E-state index is 0.0111. The summed E-state index contributed by atoms with van der Waals surface area (Å²) in [6.07, 6.45) is 0.960. The van der Waals surface area contributed by atoms with E-state index in [1.54, 1.807) is 29.2 Å². The summed E-state index contributed by atoms with van der Waals surface area (Å²) in [5, 5.41) is 10.5. The number of rotatable bonds is 4. The smallest absolute Gasteiger partial charge is 0.253 e. The molecule has 10 heteroatoms. The first-order valence-electron chi connectivity index (χ1n) is 12.0. The number of hydrogen-bond acceptors (Lipinski definition) is 4. The second-order valence-electron chi connectivity index (χ2n) is 9.79. The number of nitrogens with zero attached hydrogens (tertiary/aromatic N) is 3. The van der Waals surface area contributed by atoms with Crippen LogP contribution in [-0.4, -0.2) is 63.9 Å². The lowest BCUT2D eigenvalue weighted by Crippen LogP contribution is -2.74. The fourth-order valence-electron chi connectivity index (χ4n) is 5.47. The Labute approximate surface area is 218 Å². The van der Waals surface area contributed by atoms with E-state index >= 15 is 0 Å². The molecule has 2 heterocycles. The number of anilines is 1. The Kier molecular flexibility index (Phi) is 6.70. The molecule has 1 N–H and O–H groups in total. The molecule has 0 unspecified atom stereocenters. The van der Waals surface area contributed by atoms with Crippen molar-refractivity contribution < 1.29 is 23.9 Å². The highest BCUT2D eigenvalue weighted by Gasteiger charge is 2.62. The van der Waals surface area contributed by atoms with E-state index in [0.29, 0.717) is 31.0 Å². The van der Waals surface area contributed by atoms with Crippen LogP contribution >= 0.6 is 23.2 Å². The molecule has 190 valence electrons. The van der Waals surface area contributed by atoms with Crippen LogP contribution in [0.5, 0.6) is 0 Å². The summed E-state index contributed by atoms with van der Waals surface area (Å²) in [5.41, 5.74) is -0.467. The molecular weight excluding hydrogens is 508 g/mol. The summed E-state index contributed by atoms with van der Waals surface area (Å²) in [5.74, 6) is -1.93. The van der Waals surface area contributed by atoms with Gasteiger partial charge < -0.3 is 14.9 Å². The molecule has 36 heavy (non-hydrogen) atoms. The predicted molar refractivity (Wildman–Crippen MR) is 133 cm³/mol. The molecule has 0 atom stereocenters. The zero-order chi connectivity index (χ0) is 25.6. The number of piperidine rings is 1. The monoisotopic (exact) mass is 533 g/mol. The standard InChI is InChI=1S/C26H26Cl2FN3O4/c27-18-3-1-16(2-4-18)14-32-23(34)15-31(22-6-5-19(28)11-21(22)29)25(36)26(32)12-17(13-26)24(35)30-9-7-20(33)8-10-30/h1-6,11,17,20,33H,7-10,12-15H2/t17-,26-. The zero-order valence-corrected chi connectivity index (χ0v) is 21.0. The highest BCUT2D eigenvalue weighted by Crippen LogP contribution is 2.48. The number of piperazine rings is 1. The summed E-state index contributed by atoms with van der Waals surface area (Å²) in [4.78, 5) is 44.9. The fraction of sp³-hybridized carbons (Fsp3) is 0.423. The van der Waals surface area contributed by atoms with Crippen molar-refractivity contribution in [1.82, 2.24) is 9.80 Å². The van der Waals surface area contributed by atoms with E-state index in [9.17, 15) is 23.9 Å². The van der Waals surface area contributed by atoms with E-state index in [-0.39, 0.29) is 48.5 Å². The molecule has 3 aliphatic rings. The average Bonchev–Trinajstić information content (AvgIpc) is 2.82. The highest BCUT2D eigenvalue weighted by atomic mass is 35.5. The van der Waals surface area contributed by atoms with E-state index in [1.807, 2.05) is 0 Å². The maximum Gasteiger partial charge on any atom is 0.253 e. The largest absolute Gasteiger partial charge is 0.393 e. The average molecular weight is 534 g/mol. The van der Waals surface area contributed by atoms with Gasteiger partial charge in [-0.05, 0) is 61.6 Å². The lowest BCUT2D eigenvalue weighted by Gasteiger charge is -2.57. The number of amides is 3. The molecular formula is C26H26Cl2FN3O4. The molecule has 1 aliphatic carbocycles. The molecule has 2 saturated heterocycles. The van der Waals surface area contributed by atoms with E-state index in [1.165, 1.54) is 21.9 Å². The molecule has 3 fully saturated rings. The van der Waals surface area contributed by atoms with Gasteiger partial charge in [0.1, 0.15) is 17.9 Å². The number of aliphatic hydroxyl groups excluding tert-OH is 1. The van der Waals surface area contributed by atoms with E-state index in [0.717, 1.165) is 11.6 Å². The third-order valence-electron chi connectivity index (χ3n) is 7.50. The molecule has 0 radical (unpaired) electrons. The Morgan fingerprint density at radius 1 is 1.03 bits per heavy atom. The molecule has 0 bridgehead atoms. The zero-order valence-electron chi connectivity index (χ0n) is 19.5. The summed E-state index contributed by atoms with van der Waals surface area (Å²) < 4.78 is 14.8. The van der Waals surface area contributed by atoms with Gasteiger partial charge in [-0.1, -0.05) is 35.3 Å². The number of aliphatic hydroxyl groups is 1. The van der Waals surface area contributed by atoms with Crippen LogP contribution in [0.15, 0.2) is 42.5 Å². The second-order valence-corrected chi connectivity index (χ2v) is 10.7. The van der Waals surface area contributed by atoms with Crippen molar-refractivity contribution in [3.63, 3.8) is 0 Å². The SMILES string of the molecule is O=C1CN(c2ccc(Cl)cc2F)C(=O)[C@]2(C[C@@H](C(=O)N3CCC(O)CC3)C2)N1Cc1ccc(Cl)cc1. The van der Waals surface area contributed by atoms with Gasteiger partial charge in [-0.25, -0.2) is 4.39 Å². The van der Waals surface area contributed by atoms with Crippen molar-refractivity contribution in [2.45, 2.75) is 43.9 Å². The topological polar surface area (TPSA) is 81.2 Å². The number of hydrogen-bond donors (Lipinski definition) is 1. The van der Waals surface area contributed by atoms with Crippen molar-refractivity contribution in [3.05, 3.63) is 63.9 Å². The lowest BCUT2D eigenvalue weighted by atomic mass is 9.64. The Hall–Kier alpha value is -2.68. The Morgan fingerprint density at radius 2 is 1.67 bits per heavy atom. The van der Waals surface area contributed by atoms with Gasteiger partial charge in [-0.2, -0.15) is 0 Å². The van der Waals surface area contributed by atoms with E-state index in [4.69, 9.17) is 23.2 Å². The van der Waals surface area contributed by atoms with Crippen LogP contribution in [0.2, 0.25) is 10.0 Å². The molecule has 1 spiro atoms. The minimum atomic E-state index is -1.25. The Morgan fingerprint density at radius 3 is 2.31 bits per heavy atom. The van der Waals surface area contributed by atoms with Crippen molar-refractivity contribution >= 4 is 46.6 Å². The molecule has 7 nitrogen and oxygen atoms in total. The van der Waals surface area contributed by atoms with Gasteiger partial charge in [0.25, 0.3) is 5.91 Å². The van der Waals surface area contributed by atoms with Crippen LogP contribution in [0.3, 0.4) is 0 Å². The van der Waals surface area contributed by atoms with Gasteiger partial charge in [0.15, 0.2) is 0 Å². The quantitative estimate of drug-likeness (QED) is 0.650. The van der Waals surface area contributed by atoms with E-state index < -0.39 is 29.3 Å². The van der Waals surface area contributed by atoms with Crippen LogP contribution in [0.25, 0.3) is 0 Å². The van der Waals surface area contributed by atoms with Gasteiger partial charge >= 0.3 is 0 Å². The Balaban J connectivity index is 1.43. The third kappa shape index (κ3) is 4.46. The molecule has 1 saturated carbocycles. The normalized spacial score (nSPS) is 24.9. The summed E-state index contributed by atoms with van der Waals surface area (Å²) in [6, 6.07) is 11.0. The van der Waals surface area contributed by atoms with Crippen molar-refractivity contribution in [1.29, 1.82) is 0 Å². The summed E-state index contributed by atoms with van der Waals surface area (Å²) in [7, 11) is 0. The van der Waals surface area contributed by atoms with Crippen molar-refractivity contribution in [2.24, 2.45) is 5.92 Å². The van der Waals surface area contributed by atoms with Crippen molar-refractivity contribution in [2.75, 3.05) is 24.5 Å². The van der Waals surface area contributed by atoms with Crippen LogP contribution in [-0.2, 0) is 20.9 Å². The number of halogens is 3. The maximum atomic E-state index is 14.8. The van der Waals surface area contributed by atoms with Crippen LogP contribution in [0.1, 0.15) is 31.2 Å². The van der Waals surface area contributed by atoms with Gasteiger partial charge in [-0.15, -0.1) is 0 Å². The van der Waals surface area contributed by atoms with Crippen LogP contribution in [0, 0.1) is 11.7 Å². The first-order valence-corrected chi connectivity index (χ1v) is 12.7. The highest BCUT2D eigenvalue weighted by molar-refractivity contribution is 6.31. The molecule has 0 aromatic heterocycles. The molecule has 2 aliphatic heterocycles. The third-order valence-corrected chi connectivity index (χ3v) is 7.99. The first kappa shape index (κ1) is 25.0. The van der Waals surface area contributed by atoms with Gasteiger partial charge in [0, 0.05) is 35.6 Å². The second kappa shape index (κ2) is 9.65. The molecule has 2 aromatic carbocycles. The molecule has 5 rings (SSSR count).